The fourth-order valence-electron chi connectivity index (χ4n) is 4.08. The Balaban J connectivity index is 1.67. The lowest BCUT2D eigenvalue weighted by atomic mass is 10.2. The summed E-state index contributed by atoms with van der Waals surface area (Å²) < 4.78 is 4.06. The van der Waals surface area contributed by atoms with Crippen molar-refractivity contribution in [2.24, 2.45) is 0 Å². The van der Waals surface area contributed by atoms with Crippen molar-refractivity contribution in [2.75, 3.05) is 4.90 Å². The number of hydrogen-bond donors (Lipinski definition) is 0. The molecule has 0 aliphatic carbocycles. The molecule has 0 saturated heterocycles. The van der Waals surface area contributed by atoms with E-state index in [2.05, 4.69) is 67.3 Å². The maximum atomic E-state index is 5.04. The molecule has 0 atom stereocenters. The fourth-order valence-corrected chi connectivity index (χ4v) is 4.08. The van der Waals surface area contributed by atoms with Gasteiger partial charge in [0.15, 0.2) is 11.6 Å². The summed E-state index contributed by atoms with van der Waals surface area (Å²) in [5.41, 5.74) is 5.43. The lowest BCUT2D eigenvalue weighted by Crippen LogP contribution is -2.12. The number of benzene rings is 3. The second kappa shape index (κ2) is 9.17. The standard InChI is InChI=1S/C28H27N5/c1-3-22-20-27(29-32(22)25-16-10-6-11-17-25)31(24-14-8-5-9-15-24)28-21-23(4-2)33(30-28)26-18-12-7-13-19-26/h5-21H,3-4H2,1-2H3. The largest absolute Gasteiger partial charge is 0.276 e. The van der Waals surface area contributed by atoms with Crippen LogP contribution in [-0.2, 0) is 12.8 Å². The van der Waals surface area contributed by atoms with Crippen LogP contribution in [0.1, 0.15) is 25.2 Å². The van der Waals surface area contributed by atoms with Crippen molar-refractivity contribution in [1.82, 2.24) is 19.6 Å². The average molecular weight is 434 g/mol. The molecule has 33 heavy (non-hydrogen) atoms. The fraction of sp³-hybridized carbons (Fsp3) is 0.143. The van der Waals surface area contributed by atoms with Gasteiger partial charge in [-0.2, -0.15) is 0 Å². The Bertz CT molecular complexity index is 1240. The van der Waals surface area contributed by atoms with Gasteiger partial charge < -0.3 is 0 Å². The van der Waals surface area contributed by atoms with Crippen LogP contribution in [0.5, 0.6) is 0 Å². The zero-order valence-corrected chi connectivity index (χ0v) is 19.0. The molecule has 2 heterocycles. The van der Waals surface area contributed by atoms with Crippen molar-refractivity contribution in [3.05, 3.63) is 115 Å². The lowest BCUT2D eigenvalue weighted by molar-refractivity contribution is 0.803. The normalized spacial score (nSPS) is 11.0. The highest BCUT2D eigenvalue weighted by Gasteiger charge is 2.22. The van der Waals surface area contributed by atoms with E-state index in [0.717, 1.165) is 52.9 Å². The van der Waals surface area contributed by atoms with E-state index >= 15 is 0 Å². The quantitative estimate of drug-likeness (QED) is 0.288. The van der Waals surface area contributed by atoms with Crippen LogP contribution < -0.4 is 4.90 Å². The van der Waals surface area contributed by atoms with E-state index in [1.807, 2.05) is 64.0 Å². The number of rotatable bonds is 7. The molecule has 5 heteroatoms. The molecule has 164 valence electrons. The van der Waals surface area contributed by atoms with E-state index in [-0.39, 0.29) is 0 Å². The van der Waals surface area contributed by atoms with Crippen molar-refractivity contribution in [3.8, 4) is 11.4 Å². The van der Waals surface area contributed by atoms with Gasteiger partial charge in [0.05, 0.1) is 11.4 Å². The molecule has 5 rings (SSSR count). The van der Waals surface area contributed by atoms with Crippen molar-refractivity contribution < 1.29 is 0 Å². The number of anilines is 3. The summed E-state index contributed by atoms with van der Waals surface area (Å²) >= 11 is 0. The molecule has 5 nitrogen and oxygen atoms in total. The van der Waals surface area contributed by atoms with E-state index in [0.29, 0.717) is 0 Å². The first-order chi connectivity index (χ1) is 16.3. The third-order valence-corrected chi connectivity index (χ3v) is 5.74. The highest BCUT2D eigenvalue weighted by molar-refractivity contribution is 5.72. The Labute approximate surface area is 194 Å². The van der Waals surface area contributed by atoms with Crippen LogP contribution in [0, 0.1) is 0 Å². The van der Waals surface area contributed by atoms with Gasteiger partial charge in [0, 0.05) is 29.2 Å². The first kappa shape index (κ1) is 20.8. The zero-order chi connectivity index (χ0) is 22.6. The molecule has 0 spiro atoms. The molecule has 0 unspecified atom stereocenters. The molecule has 5 aromatic rings. The van der Waals surface area contributed by atoms with Crippen LogP contribution in [-0.4, -0.2) is 19.6 Å². The summed E-state index contributed by atoms with van der Waals surface area (Å²) in [5, 5.41) is 10.1. The molecular formula is C28H27N5. The van der Waals surface area contributed by atoms with Gasteiger partial charge in [0.2, 0.25) is 0 Å². The van der Waals surface area contributed by atoms with Gasteiger partial charge in [-0.15, -0.1) is 10.2 Å². The van der Waals surface area contributed by atoms with Crippen LogP contribution in [0.25, 0.3) is 11.4 Å². The SMILES string of the molecule is CCc1cc(N(c2ccccc2)c2cc(CC)n(-c3ccccc3)n2)nn1-c1ccccc1. The molecule has 0 aliphatic heterocycles. The Kier molecular flexibility index (Phi) is 5.77. The smallest absolute Gasteiger partial charge is 0.161 e. The Hall–Kier alpha value is -4.12. The maximum absolute atomic E-state index is 5.04. The zero-order valence-electron chi connectivity index (χ0n) is 19.0. The van der Waals surface area contributed by atoms with Crippen LogP contribution >= 0.6 is 0 Å². The number of hydrogen-bond acceptors (Lipinski definition) is 3. The molecule has 0 saturated carbocycles. The van der Waals surface area contributed by atoms with Gasteiger partial charge in [-0.1, -0.05) is 68.4 Å². The maximum Gasteiger partial charge on any atom is 0.161 e. The van der Waals surface area contributed by atoms with Crippen LogP contribution in [0.2, 0.25) is 0 Å². The Morgan fingerprint density at radius 2 is 0.970 bits per heavy atom. The second-order valence-electron chi connectivity index (χ2n) is 7.86. The minimum absolute atomic E-state index is 0.849. The van der Waals surface area contributed by atoms with Crippen molar-refractivity contribution >= 4 is 17.3 Å². The van der Waals surface area contributed by atoms with Gasteiger partial charge in [-0.05, 0) is 49.2 Å². The average Bonchev–Trinajstić information content (AvgIpc) is 3.51. The molecule has 0 radical (unpaired) electrons. The summed E-state index contributed by atoms with van der Waals surface area (Å²) in [6, 6.07) is 35.2. The predicted molar refractivity (Wildman–Crippen MR) is 134 cm³/mol. The molecule has 0 aliphatic rings. The third-order valence-electron chi connectivity index (χ3n) is 5.74. The Morgan fingerprint density at radius 1 is 0.576 bits per heavy atom. The second-order valence-corrected chi connectivity index (χ2v) is 7.86. The van der Waals surface area contributed by atoms with E-state index in [1.165, 1.54) is 0 Å². The first-order valence-corrected chi connectivity index (χ1v) is 11.4. The minimum atomic E-state index is 0.849. The summed E-state index contributed by atoms with van der Waals surface area (Å²) in [5.74, 6) is 1.70. The third kappa shape index (κ3) is 4.05. The van der Waals surface area contributed by atoms with Crippen molar-refractivity contribution in [2.45, 2.75) is 26.7 Å². The summed E-state index contributed by atoms with van der Waals surface area (Å²) in [4.78, 5) is 2.14. The van der Waals surface area contributed by atoms with E-state index in [1.54, 1.807) is 0 Å². The van der Waals surface area contributed by atoms with Crippen molar-refractivity contribution in [1.29, 1.82) is 0 Å². The van der Waals surface area contributed by atoms with E-state index in [9.17, 15) is 0 Å². The van der Waals surface area contributed by atoms with E-state index < -0.39 is 0 Å². The van der Waals surface area contributed by atoms with Gasteiger partial charge >= 0.3 is 0 Å². The van der Waals surface area contributed by atoms with Gasteiger partial charge in [0.1, 0.15) is 0 Å². The van der Waals surface area contributed by atoms with E-state index in [4.69, 9.17) is 10.2 Å². The number of nitrogens with zero attached hydrogens (tertiary/aromatic N) is 5. The minimum Gasteiger partial charge on any atom is -0.276 e. The van der Waals surface area contributed by atoms with Crippen LogP contribution in [0.15, 0.2) is 103 Å². The molecule has 3 aromatic carbocycles. The van der Waals surface area contributed by atoms with Crippen molar-refractivity contribution in [3.63, 3.8) is 0 Å². The predicted octanol–water partition coefficient (Wildman–Crippen LogP) is 6.65. The van der Waals surface area contributed by atoms with Gasteiger partial charge in [-0.3, -0.25) is 4.90 Å². The highest BCUT2D eigenvalue weighted by atomic mass is 15.4. The molecular weight excluding hydrogens is 406 g/mol. The van der Waals surface area contributed by atoms with Crippen LogP contribution in [0.4, 0.5) is 17.3 Å². The molecule has 0 amide bonds. The number of aromatic nitrogens is 4. The number of aryl methyl sites for hydroxylation is 2. The highest BCUT2D eigenvalue weighted by Crippen LogP contribution is 2.34. The summed E-state index contributed by atoms with van der Waals surface area (Å²) in [7, 11) is 0. The molecule has 0 fully saturated rings. The topological polar surface area (TPSA) is 38.9 Å². The summed E-state index contributed by atoms with van der Waals surface area (Å²) in [6.45, 7) is 4.32. The number of para-hydroxylation sites is 3. The molecule has 0 bridgehead atoms. The Morgan fingerprint density at radius 3 is 1.36 bits per heavy atom. The monoisotopic (exact) mass is 433 g/mol. The van der Waals surface area contributed by atoms with Gasteiger partial charge in [0.25, 0.3) is 0 Å². The summed E-state index contributed by atoms with van der Waals surface area (Å²) in [6.07, 6.45) is 1.76. The first-order valence-electron chi connectivity index (χ1n) is 11.4. The van der Waals surface area contributed by atoms with Crippen LogP contribution in [0.3, 0.4) is 0 Å². The van der Waals surface area contributed by atoms with Gasteiger partial charge in [-0.25, -0.2) is 9.36 Å². The molecule has 0 N–H and O–H groups in total. The lowest BCUT2D eigenvalue weighted by Gasteiger charge is -2.19. The molecule has 2 aromatic heterocycles.